The molecule has 1 nitrogen and oxygen atoms in total. The van der Waals surface area contributed by atoms with E-state index in [1.165, 1.54) is 13.8 Å². The summed E-state index contributed by atoms with van der Waals surface area (Å²) >= 11 is 132. The van der Waals surface area contributed by atoms with E-state index in [4.69, 9.17) is 244 Å². The van der Waals surface area contributed by atoms with Gasteiger partial charge in [0.2, 0.25) is 24.4 Å². The van der Waals surface area contributed by atoms with Crippen molar-refractivity contribution in [2.24, 2.45) is 0 Å². The molecule has 0 amide bonds. The third-order valence-electron chi connectivity index (χ3n) is 5.04. The van der Waals surface area contributed by atoms with Crippen LogP contribution in [-0.2, 0) is 18.6 Å². The number of aliphatic hydroxyl groups is 1. The number of rotatable bonds is 7. The maximum atomic E-state index is 11.3. The number of alkyl halides is 21. The molecule has 0 spiro atoms. The third kappa shape index (κ3) is 7.85. The van der Waals surface area contributed by atoms with Crippen LogP contribution in [0.3, 0.4) is 0 Å². The van der Waals surface area contributed by atoms with Crippen LogP contribution in [0.5, 0.6) is 0 Å². The van der Waals surface area contributed by atoms with E-state index in [1.54, 1.807) is 0 Å². The van der Waals surface area contributed by atoms with Gasteiger partial charge < -0.3 is 5.11 Å². The molecule has 0 aliphatic carbocycles. The van der Waals surface area contributed by atoms with Crippen LogP contribution in [0, 0.1) is 0 Å². The van der Waals surface area contributed by atoms with Crippen molar-refractivity contribution >= 4 is 244 Å². The molecular weight excluding hydrogens is 977 g/mol. The van der Waals surface area contributed by atoms with Crippen LogP contribution >= 0.6 is 244 Å². The Morgan fingerprint density at radius 3 is 0.850 bits per heavy atom. The largest absolute Gasteiger partial charge is 0.386 e. The van der Waals surface area contributed by atoms with Gasteiger partial charge >= 0.3 is 0 Å². The van der Waals surface area contributed by atoms with Crippen molar-refractivity contribution in [3.05, 3.63) is 34.4 Å². The molecule has 0 unspecified atom stereocenters. The highest BCUT2D eigenvalue weighted by molar-refractivity contribution is 6.80. The summed E-state index contributed by atoms with van der Waals surface area (Å²) in [5.74, 6) is 0. The van der Waals surface area contributed by atoms with Gasteiger partial charge in [0.15, 0.2) is 13.0 Å². The number of hydrogen-bond donors (Lipinski definition) is 1. The van der Waals surface area contributed by atoms with Crippen molar-refractivity contribution in [2.75, 3.05) is 0 Å². The lowest BCUT2D eigenvalue weighted by molar-refractivity contribution is 0.0758. The Kier molecular flexibility index (Phi) is 14.3. The van der Waals surface area contributed by atoms with E-state index in [0.717, 1.165) is 12.1 Å². The van der Waals surface area contributed by atoms with Gasteiger partial charge in [0.05, 0.1) is 5.60 Å². The Morgan fingerprint density at radius 1 is 0.425 bits per heavy atom. The Labute approximate surface area is 335 Å². The average Bonchev–Trinajstić information content (AvgIpc) is 2.69. The SMILES string of the molecule is CC(C)(O)c1c(C(Cl)(Cl)C(Cl)(Cl)C(Cl)(Cl)Cl)cc(C(Cl)(Cl)C(Cl)(Cl)C(Cl)(Cl)Cl)cc1C(Cl)(Cl)C(Cl)(Cl)C(Cl)(Cl)Cl. The van der Waals surface area contributed by atoms with E-state index in [-0.39, 0.29) is 0 Å². The first-order valence-electron chi connectivity index (χ1n) is 9.35. The molecule has 40 heavy (non-hydrogen) atoms. The van der Waals surface area contributed by atoms with Crippen molar-refractivity contribution in [3.8, 4) is 0 Å². The molecule has 0 atom stereocenters. The summed E-state index contributed by atoms with van der Waals surface area (Å²) in [6, 6.07) is 1.96. The Balaban J connectivity index is 4.66. The Hall–Kier alpha value is 5.27. The summed E-state index contributed by atoms with van der Waals surface area (Å²) < 4.78 is -24.1. The summed E-state index contributed by atoms with van der Waals surface area (Å²) in [7, 11) is 0. The van der Waals surface area contributed by atoms with Crippen molar-refractivity contribution < 1.29 is 5.11 Å². The third-order valence-corrected chi connectivity index (χ3v) is 16.8. The van der Waals surface area contributed by atoms with Gasteiger partial charge in [-0.25, -0.2) is 0 Å². The molecule has 1 aromatic carbocycles. The maximum Gasteiger partial charge on any atom is 0.226 e. The zero-order valence-corrected chi connectivity index (χ0v) is 34.4. The van der Waals surface area contributed by atoms with Crippen LogP contribution in [0.4, 0.5) is 0 Å². The van der Waals surface area contributed by atoms with Crippen LogP contribution in [0.2, 0.25) is 0 Å². The summed E-state index contributed by atoms with van der Waals surface area (Å²) in [6.45, 7) is 2.43. The van der Waals surface area contributed by atoms with Gasteiger partial charge in [0.25, 0.3) is 0 Å². The minimum absolute atomic E-state index is 0.404. The van der Waals surface area contributed by atoms with Crippen LogP contribution in [0.15, 0.2) is 12.1 Å². The molecule has 0 aliphatic heterocycles. The Bertz CT molecular complexity index is 1040. The Morgan fingerprint density at radius 2 is 0.650 bits per heavy atom. The van der Waals surface area contributed by atoms with E-state index in [9.17, 15) is 5.11 Å². The standard InChI is InChI=1S/C18H9Cl21O/c1-9(2,40)8-6(11(21,22)14(27,28)17(34,35)36)3-5(10(19,20)13(25,26)16(31,32)33)4-7(8)12(23,24)15(29,30)18(37,38)39/h3-4,40H,1-2H3. The first kappa shape index (κ1) is 43.3. The summed E-state index contributed by atoms with van der Waals surface area (Å²) in [5.41, 5.74) is -3.95. The van der Waals surface area contributed by atoms with Crippen molar-refractivity contribution in [1.29, 1.82) is 0 Å². The molecule has 1 aromatic rings. The molecule has 0 aromatic heterocycles. The highest BCUT2D eigenvalue weighted by Gasteiger charge is 2.66. The molecule has 0 radical (unpaired) electrons. The minimum atomic E-state index is -2.74. The monoisotopic (exact) mass is 975 g/mol. The van der Waals surface area contributed by atoms with Gasteiger partial charge in [0.1, 0.15) is 0 Å². The van der Waals surface area contributed by atoms with Crippen molar-refractivity contribution in [2.45, 2.75) is 56.8 Å². The number of hydrogen-bond acceptors (Lipinski definition) is 1. The zero-order valence-electron chi connectivity index (χ0n) is 18.5. The molecule has 0 bridgehead atoms. The van der Waals surface area contributed by atoms with Crippen LogP contribution in [-0.4, -0.2) is 29.5 Å². The van der Waals surface area contributed by atoms with Gasteiger partial charge in [0, 0.05) is 0 Å². The van der Waals surface area contributed by atoms with Crippen LogP contribution in [0.1, 0.15) is 36.1 Å². The van der Waals surface area contributed by atoms with Gasteiger partial charge in [-0.15, -0.1) is 0 Å². The van der Waals surface area contributed by atoms with Gasteiger partial charge in [-0.05, 0) is 48.2 Å². The molecule has 0 heterocycles. The van der Waals surface area contributed by atoms with E-state index in [0.29, 0.717) is 0 Å². The van der Waals surface area contributed by atoms with Crippen molar-refractivity contribution in [1.82, 2.24) is 0 Å². The molecular formula is C18H9Cl21O. The predicted molar refractivity (Wildman–Crippen MR) is 186 cm³/mol. The predicted octanol–water partition coefficient (Wildman–Crippen LogP) is 14.4. The van der Waals surface area contributed by atoms with Gasteiger partial charge in [-0.2, -0.15) is 0 Å². The minimum Gasteiger partial charge on any atom is -0.386 e. The number of halogens is 21. The van der Waals surface area contributed by atoms with Gasteiger partial charge in [-0.3, -0.25) is 0 Å². The smallest absolute Gasteiger partial charge is 0.226 e. The molecule has 1 rings (SSSR count). The summed E-state index contributed by atoms with van der Waals surface area (Å²) in [4.78, 5) is 0. The first-order valence-corrected chi connectivity index (χ1v) is 17.3. The molecule has 0 fully saturated rings. The van der Waals surface area contributed by atoms with Crippen molar-refractivity contribution in [3.63, 3.8) is 0 Å². The van der Waals surface area contributed by atoms with E-state index >= 15 is 0 Å². The lowest BCUT2D eigenvalue weighted by atomic mass is 9.82. The second-order valence-corrected chi connectivity index (χ2v) is 23.3. The van der Waals surface area contributed by atoms with Crippen LogP contribution in [0.25, 0.3) is 0 Å². The fourth-order valence-corrected chi connectivity index (χ4v) is 7.47. The quantitative estimate of drug-likeness (QED) is 0.270. The summed E-state index contributed by atoms with van der Waals surface area (Å²) in [5, 5.41) is 11.3. The van der Waals surface area contributed by atoms with E-state index in [1.807, 2.05) is 0 Å². The maximum absolute atomic E-state index is 11.3. The highest BCUT2D eigenvalue weighted by atomic mass is 35.6. The lowest BCUT2D eigenvalue weighted by Gasteiger charge is -2.45. The summed E-state index contributed by atoms with van der Waals surface area (Å²) in [6.07, 6.45) is 0. The van der Waals surface area contributed by atoms with E-state index in [2.05, 4.69) is 0 Å². The molecule has 234 valence electrons. The molecule has 0 aliphatic rings. The fraction of sp³-hybridized carbons (Fsp3) is 0.667. The fourth-order valence-electron chi connectivity index (χ4n) is 3.03. The van der Waals surface area contributed by atoms with Crippen LogP contribution < -0.4 is 0 Å². The number of benzene rings is 1. The second-order valence-electron chi connectivity index (χ2n) is 8.45. The van der Waals surface area contributed by atoms with Gasteiger partial charge in [-0.1, -0.05) is 244 Å². The molecule has 1 N–H and O–H groups in total. The normalized spacial score (nSPS) is 16.0. The first-order chi connectivity index (χ1) is 17.0. The molecule has 22 heteroatoms. The topological polar surface area (TPSA) is 20.2 Å². The lowest BCUT2D eigenvalue weighted by Crippen LogP contribution is -2.50. The average molecular weight is 986 g/mol. The highest BCUT2D eigenvalue weighted by Crippen LogP contribution is 2.67. The van der Waals surface area contributed by atoms with E-state index < -0.39 is 65.2 Å². The molecule has 0 saturated carbocycles. The second kappa shape index (κ2) is 13.2. The zero-order chi connectivity index (χ0) is 32.7. The molecule has 0 saturated heterocycles.